The lowest BCUT2D eigenvalue weighted by molar-refractivity contribution is 0.103. The van der Waals surface area contributed by atoms with E-state index >= 15 is 0 Å². The van der Waals surface area contributed by atoms with Gasteiger partial charge in [-0.2, -0.15) is 9.61 Å². The Morgan fingerprint density at radius 2 is 2.42 bits per heavy atom. The van der Waals surface area contributed by atoms with Gasteiger partial charge in [-0.25, -0.2) is 0 Å². The molecule has 104 valence electrons. The Hall–Kier alpha value is -1.05. The number of aromatic nitrogens is 4. The van der Waals surface area contributed by atoms with Crippen LogP contribution in [0, 0.1) is 0 Å². The minimum Gasteiger partial charge on any atom is -0.370 e. The molecule has 1 N–H and O–H groups in total. The molecule has 3 rings (SSSR count). The number of rotatable bonds is 5. The van der Waals surface area contributed by atoms with Gasteiger partial charge in [-0.05, 0) is 19.4 Å². The zero-order valence-electron chi connectivity index (χ0n) is 11.3. The largest absolute Gasteiger partial charge is 0.370 e. The number of hydrogen-bond acceptors (Lipinski definition) is 6. The molecule has 1 fully saturated rings. The maximum absolute atomic E-state index is 5.67. The molecule has 2 unspecified atom stereocenters. The first-order valence-corrected chi connectivity index (χ1v) is 7.65. The fourth-order valence-electron chi connectivity index (χ4n) is 2.28. The zero-order valence-corrected chi connectivity index (χ0v) is 12.1. The third-order valence-corrected chi connectivity index (χ3v) is 4.50. The van der Waals surface area contributed by atoms with Gasteiger partial charge in [0.1, 0.15) is 11.1 Å². The van der Waals surface area contributed by atoms with Crippen LogP contribution >= 0.6 is 11.3 Å². The lowest BCUT2D eigenvalue weighted by atomic mass is 10.2. The van der Waals surface area contributed by atoms with Crippen molar-refractivity contribution in [3.8, 4) is 0 Å². The molecule has 6 nitrogen and oxygen atoms in total. The molecule has 2 atom stereocenters. The molecular weight excluding hydrogens is 262 g/mol. The average molecular weight is 281 g/mol. The fourth-order valence-corrected chi connectivity index (χ4v) is 3.17. The van der Waals surface area contributed by atoms with Gasteiger partial charge in [0.25, 0.3) is 0 Å². The highest BCUT2D eigenvalue weighted by atomic mass is 32.1. The Morgan fingerprint density at radius 3 is 3.16 bits per heavy atom. The van der Waals surface area contributed by atoms with Gasteiger partial charge in [-0.15, -0.1) is 10.2 Å². The zero-order chi connectivity index (χ0) is 13.2. The van der Waals surface area contributed by atoms with Crippen LogP contribution < -0.4 is 5.32 Å². The molecule has 2 aromatic heterocycles. The number of nitrogens with one attached hydrogen (secondary N) is 1. The van der Waals surface area contributed by atoms with Crippen LogP contribution in [-0.2, 0) is 4.74 Å². The van der Waals surface area contributed by atoms with Gasteiger partial charge in [0.15, 0.2) is 5.82 Å². The molecule has 0 bridgehead atoms. The maximum atomic E-state index is 5.67. The molecule has 0 spiro atoms. The van der Waals surface area contributed by atoms with E-state index in [9.17, 15) is 0 Å². The average Bonchev–Trinajstić information content (AvgIpc) is 3.09. The Bertz CT molecular complexity index is 545. The predicted molar refractivity (Wildman–Crippen MR) is 73.5 cm³/mol. The van der Waals surface area contributed by atoms with E-state index in [4.69, 9.17) is 4.74 Å². The third-order valence-electron chi connectivity index (χ3n) is 3.37. The summed E-state index contributed by atoms with van der Waals surface area (Å²) in [7, 11) is 0. The number of hydrogen-bond donors (Lipinski definition) is 1. The summed E-state index contributed by atoms with van der Waals surface area (Å²) in [6, 6.07) is 0. The summed E-state index contributed by atoms with van der Waals surface area (Å²) in [4.78, 5) is 0.865. The standard InChI is InChI=1S/C12H19N5OS/c1-3-13-7-8(2)11-16-17-10(9-5-4-6-18-9)14-15-12(17)19-11/h8-9,13H,3-7H2,1-2H3. The van der Waals surface area contributed by atoms with Gasteiger partial charge in [0, 0.05) is 19.1 Å². The van der Waals surface area contributed by atoms with E-state index in [2.05, 4.69) is 34.5 Å². The molecule has 19 heavy (non-hydrogen) atoms. The molecule has 2 aromatic rings. The van der Waals surface area contributed by atoms with Crippen LogP contribution in [-0.4, -0.2) is 39.5 Å². The Labute approximate surface area is 116 Å². The fraction of sp³-hybridized carbons (Fsp3) is 0.750. The van der Waals surface area contributed by atoms with Gasteiger partial charge in [0.05, 0.1) is 0 Å². The lowest BCUT2D eigenvalue weighted by Gasteiger charge is -2.07. The second-order valence-electron chi connectivity index (χ2n) is 4.90. The van der Waals surface area contributed by atoms with Crippen LogP contribution in [0.5, 0.6) is 0 Å². The van der Waals surface area contributed by atoms with E-state index in [0.29, 0.717) is 5.92 Å². The minimum absolute atomic E-state index is 0.0639. The molecule has 0 amide bonds. The summed E-state index contributed by atoms with van der Waals surface area (Å²) >= 11 is 1.62. The van der Waals surface area contributed by atoms with Crippen molar-refractivity contribution < 1.29 is 4.74 Å². The lowest BCUT2D eigenvalue weighted by Crippen LogP contribution is -2.19. The van der Waals surface area contributed by atoms with Gasteiger partial charge in [-0.3, -0.25) is 0 Å². The minimum atomic E-state index is 0.0639. The Balaban J connectivity index is 1.84. The summed E-state index contributed by atoms with van der Waals surface area (Å²) in [5.41, 5.74) is 0. The highest BCUT2D eigenvalue weighted by Crippen LogP contribution is 2.29. The van der Waals surface area contributed by atoms with Crippen LogP contribution in [0.15, 0.2) is 0 Å². The molecule has 1 saturated heterocycles. The number of fused-ring (bicyclic) bond motifs is 1. The maximum Gasteiger partial charge on any atom is 0.234 e. The van der Waals surface area contributed by atoms with Gasteiger partial charge >= 0.3 is 0 Å². The van der Waals surface area contributed by atoms with Crippen LogP contribution in [0.25, 0.3) is 4.96 Å². The van der Waals surface area contributed by atoms with Gasteiger partial charge in [-0.1, -0.05) is 25.2 Å². The van der Waals surface area contributed by atoms with Crippen molar-refractivity contribution in [3.63, 3.8) is 0 Å². The highest BCUT2D eigenvalue weighted by Gasteiger charge is 2.25. The smallest absolute Gasteiger partial charge is 0.234 e. The first-order chi connectivity index (χ1) is 9.29. The first-order valence-electron chi connectivity index (χ1n) is 6.84. The predicted octanol–water partition coefficient (Wildman–Crippen LogP) is 1.75. The van der Waals surface area contributed by atoms with E-state index in [1.165, 1.54) is 0 Å². The molecule has 1 aliphatic heterocycles. The van der Waals surface area contributed by atoms with Crippen molar-refractivity contribution in [2.75, 3.05) is 19.7 Å². The Kier molecular flexibility index (Phi) is 3.76. The Morgan fingerprint density at radius 1 is 1.53 bits per heavy atom. The summed E-state index contributed by atoms with van der Waals surface area (Å²) in [6.07, 6.45) is 2.17. The molecule has 3 heterocycles. The van der Waals surface area contributed by atoms with Crippen LogP contribution in [0.3, 0.4) is 0 Å². The monoisotopic (exact) mass is 281 g/mol. The molecule has 0 aromatic carbocycles. The van der Waals surface area contributed by atoms with Crippen molar-refractivity contribution >= 4 is 16.3 Å². The summed E-state index contributed by atoms with van der Waals surface area (Å²) in [5.74, 6) is 1.25. The molecular formula is C12H19N5OS. The van der Waals surface area contributed by atoms with Gasteiger partial charge < -0.3 is 10.1 Å². The van der Waals surface area contributed by atoms with Crippen molar-refractivity contribution in [1.82, 2.24) is 25.1 Å². The highest BCUT2D eigenvalue weighted by molar-refractivity contribution is 7.16. The molecule has 0 aliphatic carbocycles. The van der Waals surface area contributed by atoms with Crippen LogP contribution in [0.2, 0.25) is 0 Å². The van der Waals surface area contributed by atoms with E-state index in [-0.39, 0.29) is 6.10 Å². The normalized spacial score (nSPS) is 21.3. The molecule has 0 radical (unpaired) electrons. The summed E-state index contributed by atoms with van der Waals surface area (Å²) in [6.45, 7) is 7.03. The third kappa shape index (κ3) is 2.50. The second-order valence-corrected chi connectivity index (χ2v) is 5.89. The van der Waals surface area contributed by atoms with Crippen molar-refractivity contribution in [1.29, 1.82) is 0 Å². The van der Waals surface area contributed by atoms with E-state index in [1.54, 1.807) is 11.3 Å². The number of nitrogens with zero attached hydrogens (tertiary/aromatic N) is 4. The molecule has 1 aliphatic rings. The molecule has 7 heteroatoms. The topological polar surface area (TPSA) is 64.3 Å². The van der Waals surface area contributed by atoms with Crippen LogP contribution in [0.4, 0.5) is 0 Å². The summed E-state index contributed by atoms with van der Waals surface area (Å²) < 4.78 is 7.53. The van der Waals surface area contributed by atoms with E-state index < -0.39 is 0 Å². The first kappa shape index (κ1) is 13.0. The quantitative estimate of drug-likeness (QED) is 0.904. The van der Waals surface area contributed by atoms with E-state index in [0.717, 1.165) is 48.3 Å². The van der Waals surface area contributed by atoms with Crippen molar-refractivity contribution in [2.24, 2.45) is 0 Å². The van der Waals surface area contributed by atoms with Crippen LogP contribution in [0.1, 0.15) is 49.5 Å². The SMILES string of the molecule is CCNCC(C)c1nn2c(C3CCCO3)nnc2s1. The van der Waals surface area contributed by atoms with Crippen molar-refractivity contribution in [2.45, 2.75) is 38.7 Å². The second kappa shape index (κ2) is 5.52. The van der Waals surface area contributed by atoms with Gasteiger partial charge in [0.2, 0.25) is 4.96 Å². The van der Waals surface area contributed by atoms with Crippen molar-refractivity contribution in [3.05, 3.63) is 10.8 Å². The summed E-state index contributed by atoms with van der Waals surface area (Å²) in [5, 5.41) is 17.5. The number of ether oxygens (including phenoxy) is 1. The molecule has 0 saturated carbocycles. The number of likely N-dealkylation sites (N-methyl/N-ethyl adjacent to an activating group) is 1. The van der Waals surface area contributed by atoms with E-state index in [1.807, 2.05) is 4.52 Å².